The van der Waals surface area contributed by atoms with Gasteiger partial charge >= 0.3 is 0 Å². The third kappa shape index (κ3) is 4.23. The molecule has 1 N–H and O–H groups in total. The van der Waals surface area contributed by atoms with Crippen molar-refractivity contribution in [2.24, 2.45) is 0 Å². The fourth-order valence-electron chi connectivity index (χ4n) is 1.72. The van der Waals surface area contributed by atoms with Gasteiger partial charge in [-0.1, -0.05) is 31.9 Å². The van der Waals surface area contributed by atoms with Crippen LogP contribution in [-0.2, 0) is 0 Å². The maximum absolute atomic E-state index is 5.22. The molecule has 0 amide bonds. The van der Waals surface area contributed by atoms with Crippen molar-refractivity contribution in [2.45, 2.75) is 39.2 Å². The number of ether oxygens (including phenoxy) is 1. The fraction of sp³-hybridized carbons (Fsp3) is 0.571. The maximum atomic E-state index is 5.22. The SMILES string of the molecule is CCCCCN[C@@H](C)c1cccc(OC)c1. The predicted octanol–water partition coefficient (Wildman–Crippen LogP) is 3.54. The summed E-state index contributed by atoms with van der Waals surface area (Å²) in [5, 5.41) is 3.53. The van der Waals surface area contributed by atoms with Crippen molar-refractivity contribution in [2.75, 3.05) is 13.7 Å². The number of methoxy groups -OCH3 is 1. The van der Waals surface area contributed by atoms with Gasteiger partial charge in [-0.3, -0.25) is 0 Å². The molecule has 0 radical (unpaired) electrons. The van der Waals surface area contributed by atoms with Gasteiger partial charge in [-0.25, -0.2) is 0 Å². The first-order chi connectivity index (χ1) is 7.77. The van der Waals surface area contributed by atoms with Gasteiger partial charge in [0.1, 0.15) is 5.75 Å². The van der Waals surface area contributed by atoms with Crippen LogP contribution in [0.25, 0.3) is 0 Å². The van der Waals surface area contributed by atoms with E-state index in [1.54, 1.807) is 7.11 Å². The van der Waals surface area contributed by atoms with Gasteiger partial charge in [-0.15, -0.1) is 0 Å². The summed E-state index contributed by atoms with van der Waals surface area (Å²) in [6.07, 6.45) is 3.83. The van der Waals surface area contributed by atoms with Gasteiger partial charge in [0.05, 0.1) is 7.11 Å². The summed E-state index contributed by atoms with van der Waals surface area (Å²) in [6, 6.07) is 8.65. The Hall–Kier alpha value is -1.02. The first-order valence-electron chi connectivity index (χ1n) is 6.15. The van der Waals surface area contributed by atoms with Gasteiger partial charge in [0.25, 0.3) is 0 Å². The highest BCUT2D eigenvalue weighted by molar-refractivity contribution is 5.30. The lowest BCUT2D eigenvalue weighted by molar-refractivity contribution is 0.413. The molecule has 16 heavy (non-hydrogen) atoms. The Morgan fingerprint density at radius 3 is 2.81 bits per heavy atom. The molecule has 0 aliphatic carbocycles. The minimum Gasteiger partial charge on any atom is -0.497 e. The van der Waals surface area contributed by atoms with E-state index in [2.05, 4.69) is 31.3 Å². The molecule has 1 aromatic carbocycles. The zero-order chi connectivity index (χ0) is 11.8. The summed E-state index contributed by atoms with van der Waals surface area (Å²) in [4.78, 5) is 0. The Morgan fingerprint density at radius 1 is 1.31 bits per heavy atom. The summed E-state index contributed by atoms with van der Waals surface area (Å²) in [5.41, 5.74) is 1.29. The van der Waals surface area contributed by atoms with E-state index in [0.29, 0.717) is 6.04 Å². The highest BCUT2D eigenvalue weighted by Gasteiger charge is 2.04. The average Bonchev–Trinajstić information content (AvgIpc) is 2.34. The Labute approximate surface area is 99.0 Å². The molecular weight excluding hydrogens is 198 g/mol. The van der Waals surface area contributed by atoms with Crippen LogP contribution in [0.3, 0.4) is 0 Å². The molecule has 2 nitrogen and oxygen atoms in total. The molecule has 0 aromatic heterocycles. The highest BCUT2D eigenvalue weighted by atomic mass is 16.5. The number of benzene rings is 1. The molecule has 0 aliphatic heterocycles. The molecule has 2 heteroatoms. The number of rotatable bonds is 7. The van der Waals surface area contributed by atoms with E-state index >= 15 is 0 Å². The van der Waals surface area contributed by atoms with Crippen LogP contribution >= 0.6 is 0 Å². The van der Waals surface area contributed by atoms with Gasteiger partial charge in [0.2, 0.25) is 0 Å². The Morgan fingerprint density at radius 2 is 2.12 bits per heavy atom. The van der Waals surface area contributed by atoms with Crippen LogP contribution in [0.1, 0.15) is 44.7 Å². The lowest BCUT2D eigenvalue weighted by Crippen LogP contribution is -2.19. The molecule has 0 unspecified atom stereocenters. The number of hydrogen-bond acceptors (Lipinski definition) is 2. The third-order valence-electron chi connectivity index (χ3n) is 2.82. The zero-order valence-corrected chi connectivity index (χ0v) is 10.6. The average molecular weight is 221 g/mol. The van der Waals surface area contributed by atoms with Crippen molar-refractivity contribution >= 4 is 0 Å². The number of hydrogen-bond donors (Lipinski definition) is 1. The second-order valence-corrected chi connectivity index (χ2v) is 4.16. The van der Waals surface area contributed by atoms with E-state index in [9.17, 15) is 0 Å². The lowest BCUT2D eigenvalue weighted by Gasteiger charge is -2.14. The standard InChI is InChI=1S/C14H23NO/c1-4-5-6-10-15-12(2)13-8-7-9-14(11-13)16-3/h7-9,11-12,15H,4-6,10H2,1-3H3/t12-/m0/s1. The topological polar surface area (TPSA) is 21.3 Å². The van der Waals surface area contributed by atoms with Crippen LogP contribution in [-0.4, -0.2) is 13.7 Å². The summed E-state index contributed by atoms with van der Waals surface area (Å²) in [7, 11) is 1.71. The molecule has 0 aliphatic rings. The van der Waals surface area contributed by atoms with E-state index < -0.39 is 0 Å². The maximum Gasteiger partial charge on any atom is 0.119 e. The van der Waals surface area contributed by atoms with Gasteiger partial charge in [-0.05, 0) is 37.6 Å². The molecular formula is C14H23NO. The second kappa shape index (κ2) is 7.29. The summed E-state index contributed by atoms with van der Waals surface area (Å²) in [5.74, 6) is 0.930. The fourth-order valence-corrected chi connectivity index (χ4v) is 1.72. The second-order valence-electron chi connectivity index (χ2n) is 4.16. The first kappa shape index (κ1) is 13.0. The quantitative estimate of drug-likeness (QED) is 0.711. The minimum atomic E-state index is 0.395. The first-order valence-corrected chi connectivity index (χ1v) is 6.15. The van der Waals surface area contributed by atoms with Crippen molar-refractivity contribution in [3.63, 3.8) is 0 Å². The van der Waals surface area contributed by atoms with Crippen molar-refractivity contribution < 1.29 is 4.74 Å². The molecule has 0 spiro atoms. The molecule has 1 atom stereocenters. The van der Waals surface area contributed by atoms with Gasteiger partial charge in [0, 0.05) is 6.04 Å². The Balaban J connectivity index is 2.42. The van der Waals surface area contributed by atoms with Crippen molar-refractivity contribution in [3.8, 4) is 5.75 Å². The van der Waals surface area contributed by atoms with Crippen LogP contribution < -0.4 is 10.1 Å². The largest absolute Gasteiger partial charge is 0.497 e. The summed E-state index contributed by atoms with van der Waals surface area (Å²) < 4.78 is 5.22. The smallest absolute Gasteiger partial charge is 0.119 e. The molecule has 0 fully saturated rings. The highest BCUT2D eigenvalue weighted by Crippen LogP contribution is 2.18. The Kier molecular flexibility index (Phi) is 5.94. The molecule has 0 bridgehead atoms. The van der Waals surface area contributed by atoms with Gasteiger partial charge < -0.3 is 10.1 Å². The zero-order valence-electron chi connectivity index (χ0n) is 10.6. The lowest BCUT2D eigenvalue weighted by atomic mass is 10.1. The van der Waals surface area contributed by atoms with Crippen LogP contribution in [0, 0.1) is 0 Å². The van der Waals surface area contributed by atoms with Crippen LogP contribution in [0.4, 0.5) is 0 Å². The molecule has 1 rings (SSSR count). The van der Waals surface area contributed by atoms with E-state index in [-0.39, 0.29) is 0 Å². The summed E-state index contributed by atoms with van der Waals surface area (Å²) >= 11 is 0. The van der Waals surface area contributed by atoms with Gasteiger partial charge in [0.15, 0.2) is 0 Å². The van der Waals surface area contributed by atoms with Crippen LogP contribution in [0.15, 0.2) is 24.3 Å². The molecule has 90 valence electrons. The van der Waals surface area contributed by atoms with E-state index in [1.165, 1.54) is 24.8 Å². The van der Waals surface area contributed by atoms with E-state index in [1.807, 2.05) is 12.1 Å². The van der Waals surface area contributed by atoms with Crippen molar-refractivity contribution in [3.05, 3.63) is 29.8 Å². The van der Waals surface area contributed by atoms with Crippen molar-refractivity contribution in [1.82, 2.24) is 5.32 Å². The molecule has 1 aromatic rings. The number of unbranched alkanes of at least 4 members (excludes halogenated alkanes) is 2. The molecule has 0 saturated heterocycles. The normalized spacial score (nSPS) is 12.4. The monoisotopic (exact) mass is 221 g/mol. The third-order valence-corrected chi connectivity index (χ3v) is 2.82. The number of nitrogens with one attached hydrogen (secondary N) is 1. The van der Waals surface area contributed by atoms with E-state index in [4.69, 9.17) is 4.74 Å². The van der Waals surface area contributed by atoms with Crippen LogP contribution in [0.5, 0.6) is 5.75 Å². The van der Waals surface area contributed by atoms with Crippen LogP contribution in [0.2, 0.25) is 0 Å². The molecule has 0 heterocycles. The minimum absolute atomic E-state index is 0.395. The predicted molar refractivity (Wildman–Crippen MR) is 68.9 cm³/mol. The molecule has 0 saturated carbocycles. The summed E-state index contributed by atoms with van der Waals surface area (Å²) in [6.45, 7) is 5.51. The Bertz CT molecular complexity index is 299. The van der Waals surface area contributed by atoms with Crippen molar-refractivity contribution in [1.29, 1.82) is 0 Å². The van der Waals surface area contributed by atoms with E-state index in [0.717, 1.165) is 12.3 Å². The van der Waals surface area contributed by atoms with Gasteiger partial charge in [-0.2, -0.15) is 0 Å².